The molecule has 146 valence electrons. The highest BCUT2D eigenvalue weighted by molar-refractivity contribution is 6.30. The number of fused-ring (bicyclic) bond motifs is 1. The first-order valence-electron chi connectivity index (χ1n) is 9.16. The maximum absolute atomic E-state index is 13.3. The Labute approximate surface area is 173 Å². The summed E-state index contributed by atoms with van der Waals surface area (Å²) in [7, 11) is 0. The van der Waals surface area contributed by atoms with Gasteiger partial charge in [-0.3, -0.25) is 14.5 Å². The molecule has 1 heterocycles. The minimum Gasteiger partial charge on any atom is -0.372 e. The summed E-state index contributed by atoms with van der Waals surface area (Å²) in [6.45, 7) is 1.72. The third-order valence-corrected chi connectivity index (χ3v) is 5.22. The summed E-state index contributed by atoms with van der Waals surface area (Å²) in [5, 5.41) is 14.7. The number of rotatable bonds is 4. The van der Waals surface area contributed by atoms with E-state index in [0.717, 1.165) is 5.56 Å². The van der Waals surface area contributed by atoms with E-state index in [9.17, 15) is 14.7 Å². The molecule has 0 saturated carbocycles. The summed E-state index contributed by atoms with van der Waals surface area (Å²) in [4.78, 5) is 27.2. The van der Waals surface area contributed by atoms with Crippen LogP contribution in [0.25, 0.3) is 0 Å². The fraction of sp³-hybridized carbons (Fsp3) is 0.130. The molecule has 3 aromatic rings. The summed E-state index contributed by atoms with van der Waals surface area (Å²) in [5.74, 6) is -0.936. The van der Waals surface area contributed by atoms with Crippen molar-refractivity contribution in [2.75, 3.05) is 16.8 Å². The van der Waals surface area contributed by atoms with Gasteiger partial charge >= 0.3 is 0 Å². The number of para-hydroxylation sites is 1. The van der Waals surface area contributed by atoms with Crippen LogP contribution in [-0.2, 0) is 15.2 Å². The lowest BCUT2D eigenvalue weighted by Crippen LogP contribution is -2.44. The highest BCUT2D eigenvalue weighted by Gasteiger charge is 2.51. The van der Waals surface area contributed by atoms with Crippen LogP contribution in [0.4, 0.5) is 11.4 Å². The number of anilines is 2. The van der Waals surface area contributed by atoms with Crippen molar-refractivity contribution in [3.63, 3.8) is 0 Å². The van der Waals surface area contributed by atoms with E-state index < -0.39 is 11.5 Å². The summed E-state index contributed by atoms with van der Waals surface area (Å²) in [6, 6.07) is 20.9. The van der Waals surface area contributed by atoms with E-state index in [0.29, 0.717) is 27.5 Å². The molecule has 4 rings (SSSR count). The smallest absolute Gasteiger partial charge is 0.268 e. The molecule has 0 radical (unpaired) electrons. The van der Waals surface area contributed by atoms with Crippen molar-refractivity contribution in [1.82, 2.24) is 0 Å². The maximum atomic E-state index is 13.3. The number of halogens is 1. The summed E-state index contributed by atoms with van der Waals surface area (Å²) < 4.78 is 0. The van der Waals surface area contributed by atoms with Gasteiger partial charge in [-0.1, -0.05) is 54.1 Å². The first-order chi connectivity index (χ1) is 13.9. The van der Waals surface area contributed by atoms with Gasteiger partial charge in [0.05, 0.1) is 5.69 Å². The molecule has 6 heteroatoms. The molecular weight excluding hydrogens is 388 g/mol. The van der Waals surface area contributed by atoms with E-state index in [1.165, 1.54) is 4.90 Å². The Morgan fingerprint density at radius 1 is 1.07 bits per heavy atom. The number of amides is 2. The predicted molar refractivity (Wildman–Crippen MR) is 113 cm³/mol. The zero-order chi connectivity index (χ0) is 20.6. The lowest BCUT2D eigenvalue weighted by molar-refractivity contribution is -0.133. The quantitative estimate of drug-likeness (QED) is 0.691. The zero-order valence-electron chi connectivity index (χ0n) is 15.7. The number of aryl methyl sites for hydroxylation is 1. The second-order valence-electron chi connectivity index (χ2n) is 7.05. The molecule has 3 aromatic carbocycles. The molecule has 0 aromatic heterocycles. The van der Waals surface area contributed by atoms with Crippen LogP contribution in [0.3, 0.4) is 0 Å². The molecule has 1 aliphatic rings. The van der Waals surface area contributed by atoms with Crippen LogP contribution >= 0.6 is 11.6 Å². The summed E-state index contributed by atoms with van der Waals surface area (Å²) in [6.07, 6.45) is 0. The Balaban J connectivity index is 1.67. The minimum atomic E-state index is -1.90. The average Bonchev–Trinajstić information content (AvgIpc) is 2.91. The predicted octanol–water partition coefficient (Wildman–Crippen LogP) is 3.87. The van der Waals surface area contributed by atoms with Crippen LogP contribution in [0.2, 0.25) is 5.02 Å². The van der Waals surface area contributed by atoms with E-state index in [1.807, 2.05) is 25.1 Å². The van der Waals surface area contributed by atoms with Crippen molar-refractivity contribution in [1.29, 1.82) is 0 Å². The second kappa shape index (κ2) is 7.35. The molecule has 1 aliphatic heterocycles. The average molecular weight is 407 g/mol. The van der Waals surface area contributed by atoms with Gasteiger partial charge in [-0.15, -0.1) is 0 Å². The van der Waals surface area contributed by atoms with E-state index in [1.54, 1.807) is 54.6 Å². The van der Waals surface area contributed by atoms with Gasteiger partial charge in [0.15, 0.2) is 5.60 Å². The first-order valence-corrected chi connectivity index (χ1v) is 9.54. The molecule has 29 heavy (non-hydrogen) atoms. The Hall–Kier alpha value is -3.15. The Kier molecular flexibility index (Phi) is 4.86. The van der Waals surface area contributed by atoms with Gasteiger partial charge in [-0.2, -0.15) is 0 Å². The number of nitrogens with zero attached hydrogens (tertiary/aromatic N) is 1. The third kappa shape index (κ3) is 3.39. The van der Waals surface area contributed by atoms with Crippen molar-refractivity contribution >= 4 is 34.8 Å². The van der Waals surface area contributed by atoms with Gasteiger partial charge in [-0.05, 0) is 48.4 Å². The van der Waals surface area contributed by atoms with Crippen LogP contribution in [0.1, 0.15) is 16.7 Å². The lowest BCUT2D eigenvalue weighted by Gasteiger charge is -2.23. The SMILES string of the molecule is Cc1cccc(NC(=O)CN2C(=O)[C@@](O)(c3cccc(Cl)c3)c3ccccc32)c1. The number of hydrogen-bond donors (Lipinski definition) is 2. The fourth-order valence-corrected chi connectivity index (χ4v) is 3.84. The largest absolute Gasteiger partial charge is 0.372 e. The van der Waals surface area contributed by atoms with Crippen LogP contribution in [0.15, 0.2) is 72.8 Å². The van der Waals surface area contributed by atoms with Gasteiger partial charge in [0.1, 0.15) is 6.54 Å². The van der Waals surface area contributed by atoms with E-state index in [-0.39, 0.29) is 12.5 Å². The second-order valence-corrected chi connectivity index (χ2v) is 7.48. The van der Waals surface area contributed by atoms with Crippen molar-refractivity contribution in [2.24, 2.45) is 0 Å². The molecular formula is C23H19ClN2O3. The summed E-state index contributed by atoms with van der Waals surface area (Å²) in [5.41, 5.74) is 1.06. The van der Waals surface area contributed by atoms with Crippen LogP contribution < -0.4 is 10.2 Å². The number of carbonyl (C=O) groups excluding carboxylic acids is 2. The molecule has 5 nitrogen and oxygen atoms in total. The number of nitrogens with one attached hydrogen (secondary N) is 1. The topological polar surface area (TPSA) is 69.6 Å². The van der Waals surface area contributed by atoms with Crippen molar-refractivity contribution in [2.45, 2.75) is 12.5 Å². The van der Waals surface area contributed by atoms with Gasteiger partial charge in [0.25, 0.3) is 5.91 Å². The van der Waals surface area contributed by atoms with Gasteiger partial charge in [0, 0.05) is 16.3 Å². The Morgan fingerprint density at radius 2 is 1.83 bits per heavy atom. The van der Waals surface area contributed by atoms with Crippen molar-refractivity contribution in [3.8, 4) is 0 Å². The molecule has 0 unspecified atom stereocenters. The van der Waals surface area contributed by atoms with Gasteiger partial charge in [0.2, 0.25) is 5.91 Å². The van der Waals surface area contributed by atoms with Crippen molar-refractivity contribution < 1.29 is 14.7 Å². The highest BCUT2D eigenvalue weighted by Crippen LogP contribution is 2.44. The highest BCUT2D eigenvalue weighted by atomic mass is 35.5. The maximum Gasteiger partial charge on any atom is 0.268 e. The van der Waals surface area contributed by atoms with E-state index >= 15 is 0 Å². The monoisotopic (exact) mass is 406 g/mol. The molecule has 1 atom stereocenters. The first kappa shape index (κ1) is 19.2. The van der Waals surface area contributed by atoms with Gasteiger partial charge < -0.3 is 10.4 Å². The molecule has 2 amide bonds. The summed E-state index contributed by atoms with van der Waals surface area (Å²) >= 11 is 6.08. The third-order valence-electron chi connectivity index (χ3n) is 4.99. The van der Waals surface area contributed by atoms with E-state index in [2.05, 4.69) is 5.32 Å². The Morgan fingerprint density at radius 3 is 2.59 bits per heavy atom. The molecule has 2 N–H and O–H groups in total. The molecule has 0 saturated heterocycles. The van der Waals surface area contributed by atoms with Gasteiger partial charge in [-0.25, -0.2) is 0 Å². The van der Waals surface area contributed by atoms with E-state index in [4.69, 9.17) is 11.6 Å². The Bertz CT molecular complexity index is 1110. The number of benzene rings is 3. The van der Waals surface area contributed by atoms with Crippen molar-refractivity contribution in [3.05, 3.63) is 94.5 Å². The van der Waals surface area contributed by atoms with Crippen LogP contribution in [-0.4, -0.2) is 23.5 Å². The van der Waals surface area contributed by atoms with Crippen LogP contribution in [0, 0.1) is 6.92 Å². The fourth-order valence-electron chi connectivity index (χ4n) is 3.65. The molecule has 0 spiro atoms. The zero-order valence-corrected chi connectivity index (χ0v) is 16.5. The normalized spacial score (nSPS) is 17.9. The number of carbonyl (C=O) groups is 2. The molecule has 0 aliphatic carbocycles. The lowest BCUT2D eigenvalue weighted by atomic mass is 9.87. The van der Waals surface area contributed by atoms with Crippen LogP contribution in [0.5, 0.6) is 0 Å². The number of hydrogen-bond acceptors (Lipinski definition) is 3. The molecule has 0 bridgehead atoms. The minimum absolute atomic E-state index is 0.216. The standard InChI is InChI=1S/C23H19ClN2O3/c1-15-6-4-9-18(12-15)25-21(27)14-26-20-11-3-2-10-19(20)23(29,22(26)28)16-7-5-8-17(24)13-16/h2-13,29H,14H2,1H3,(H,25,27)/t23-/m1/s1. The molecule has 0 fully saturated rings. The number of aliphatic hydroxyl groups is 1.